The Kier molecular flexibility index (Phi) is 6.83. The summed E-state index contributed by atoms with van der Waals surface area (Å²) >= 11 is 5.88. The largest absolute Gasteiger partial charge is 0.493 e. The molecule has 0 fully saturated rings. The molecule has 102 valence electrons. The number of aromatic nitrogens is 1. The minimum atomic E-state index is 0.233. The number of rotatable bonds is 8. The lowest BCUT2D eigenvalue weighted by molar-refractivity contribution is 0.348. The highest BCUT2D eigenvalue weighted by molar-refractivity contribution is 6.20. The lowest BCUT2D eigenvalue weighted by Crippen LogP contribution is -2.17. The fraction of sp³-hybridized carbons (Fsp3) is 0.615. The van der Waals surface area contributed by atoms with E-state index in [-0.39, 0.29) is 5.38 Å². The van der Waals surface area contributed by atoms with Crippen molar-refractivity contribution in [2.24, 2.45) is 0 Å². The van der Waals surface area contributed by atoms with E-state index in [1.165, 1.54) is 0 Å². The quantitative estimate of drug-likeness (QED) is 0.584. The lowest BCUT2D eigenvalue weighted by atomic mass is 10.2. The Labute approximate surface area is 114 Å². The van der Waals surface area contributed by atoms with Crippen LogP contribution in [-0.2, 0) is 6.54 Å². The van der Waals surface area contributed by atoms with Crippen LogP contribution in [0.2, 0.25) is 0 Å². The third kappa shape index (κ3) is 4.70. The van der Waals surface area contributed by atoms with Crippen molar-refractivity contribution in [2.75, 3.05) is 20.8 Å². The van der Waals surface area contributed by atoms with Gasteiger partial charge in [-0.2, -0.15) is 0 Å². The van der Waals surface area contributed by atoms with Gasteiger partial charge in [-0.05, 0) is 26.3 Å². The molecule has 0 aliphatic rings. The van der Waals surface area contributed by atoms with E-state index in [0.717, 1.165) is 25.1 Å². The van der Waals surface area contributed by atoms with E-state index in [9.17, 15) is 0 Å². The summed E-state index contributed by atoms with van der Waals surface area (Å²) in [4.78, 5) is 4.30. The Morgan fingerprint density at radius 2 is 2.17 bits per heavy atom. The van der Waals surface area contributed by atoms with E-state index in [1.54, 1.807) is 26.5 Å². The van der Waals surface area contributed by atoms with Gasteiger partial charge in [-0.1, -0.05) is 0 Å². The first-order valence-corrected chi connectivity index (χ1v) is 6.53. The first-order chi connectivity index (χ1) is 8.69. The smallest absolute Gasteiger partial charge is 0.183 e. The first kappa shape index (κ1) is 15.1. The van der Waals surface area contributed by atoms with Crippen LogP contribution in [0, 0.1) is 0 Å². The monoisotopic (exact) mass is 272 g/mol. The zero-order valence-electron chi connectivity index (χ0n) is 11.2. The van der Waals surface area contributed by atoms with Gasteiger partial charge in [-0.25, -0.2) is 0 Å². The van der Waals surface area contributed by atoms with Crippen LogP contribution < -0.4 is 14.8 Å². The van der Waals surface area contributed by atoms with Gasteiger partial charge in [0.2, 0.25) is 0 Å². The number of nitrogens with one attached hydrogen (secondary N) is 1. The summed E-state index contributed by atoms with van der Waals surface area (Å²) in [5.41, 5.74) is 0.857. The maximum absolute atomic E-state index is 5.88. The summed E-state index contributed by atoms with van der Waals surface area (Å²) in [6.45, 7) is 3.59. The average Bonchev–Trinajstić information content (AvgIpc) is 2.37. The van der Waals surface area contributed by atoms with Crippen molar-refractivity contribution in [2.45, 2.75) is 31.7 Å². The second-order valence-corrected chi connectivity index (χ2v) is 4.84. The number of methoxy groups -OCH3 is 2. The molecule has 0 saturated carbocycles. The number of pyridine rings is 1. The summed E-state index contributed by atoms with van der Waals surface area (Å²) in [6, 6.07) is 1.79. The third-order valence-corrected chi connectivity index (χ3v) is 2.83. The highest BCUT2D eigenvalue weighted by Crippen LogP contribution is 2.28. The van der Waals surface area contributed by atoms with Crippen LogP contribution in [0.3, 0.4) is 0 Å². The lowest BCUT2D eigenvalue weighted by Gasteiger charge is -2.12. The normalized spacial score (nSPS) is 12.2. The van der Waals surface area contributed by atoms with Crippen molar-refractivity contribution in [3.63, 3.8) is 0 Å². The molecule has 0 amide bonds. The number of nitrogens with zero attached hydrogens (tertiary/aromatic N) is 1. The Balaban J connectivity index is 2.46. The van der Waals surface area contributed by atoms with E-state index < -0.39 is 0 Å². The van der Waals surface area contributed by atoms with Crippen LogP contribution in [0.25, 0.3) is 0 Å². The van der Waals surface area contributed by atoms with E-state index in [4.69, 9.17) is 21.1 Å². The molecular weight excluding hydrogens is 252 g/mol. The summed E-state index contributed by atoms with van der Waals surface area (Å²) in [6.07, 6.45) is 3.79. The van der Waals surface area contributed by atoms with Crippen LogP contribution in [-0.4, -0.2) is 31.1 Å². The number of ether oxygens (including phenoxy) is 2. The molecule has 0 radical (unpaired) electrons. The van der Waals surface area contributed by atoms with E-state index in [1.807, 2.05) is 6.92 Å². The van der Waals surface area contributed by atoms with Gasteiger partial charge in [0.15, 0.2) is 11.5 Å². The van der Waals surface area contributed by atoms with Gasteiger partial charge >= 0.3 is 0 Å². The first-order valence-electron chi connectivity index (χ1n) is 6.09. The van der Waals surface area contributed by atoms with Crippen molar-refractivity contribution in [3.05, 3.63) is 18.0 Å². The topological polar surface area (TPSA) is 43.4 Å². The summed E-state index contributed by atoms with van der Waals surface area (Å²) in [5.74, 6) is 1.40. The molecule has 1 rings (SSSR count). The number of hydrogen-bond donors (Lipinski definition) is 1. The van der Waals surface area contributed by atoms with Crippen molar-refractivity contribution in [3.8, 4) is 11.5 Å². The molecule has 1 N–H and O–H groups in total. The third-order valence-electron chi connectivity index (χ3n) is 2.61. The molecular formula is C13H21ClN2O2. The fourth-order valence-electron chi connectivity index (χ4n) is 1.69. The van der Waals surface area contributed by atoms with Crippen LogP contribution >= 0.6 is 11.6 Å². The Bertz CT molecular complexity index is 359. The molecule has 1 unspecified atom stereocenters. The SMILES string of the molecule is COc1ccnc(CNCCCC(C)Cl)c1OC. The van der Waals surface area contributed by atoms with Gasteiger partial charge in [-0.3, -0.25) is 4.98 Å². The summed E-state index contributed by atoms with van der Waals surface area (Å²) in [5, 5.41) is 3.56. The minimum absolute atomic E-state index is 0.233. The van der Waals surface area contributed by atoms with Crippen LogP contribution in [0.1, 0.15) is 25.5 Å². The van der Waals surface area contributed by atoms with Gasteiger partial charge < -0.3 is 14.8 Å². The predicted octanol–water partition coefficient (Wildman–Crippen LogP) is 2.60. The van der Waals surface area contributed by atoms with Gasteiger partial charge in [0.05, 0.1) is 19.9 Å². The van der Waals surface area contributed by atoms with Gasteiger partial charge in [0.25, 0.3) is 0 Å². The molecule has 5 heteroatoms. The molecule has 1 aromatic heterocycles. The molecule has 0 aliphatic carbocycles. The molecule has 0 spiro atoms. The molecule has 0 aliphatic heterocycles. The maximum atomic E-state index is 5.88. The standard InChI is InChI=1S/C13H21ClN2O2/c1-10(14)5-4-7-15-9-11-13(18-3)12(17-2)6-8-16-11/h6,8,10,15H,4-5,7,9H2,1-3H3. The Hall–Kier alpha value is -1.00. The van der Waals surface area contributed by atoms with Crippen LogP contribution in [0.5, 0.6) is 11.5 Å². The van der Waals surface area contributed by atoms with Crippen molar-refractivity contribution >= 4 is 11.6 Å². The number of hydrogen-bond acceptors (Lipinski definition) is 4. The average molecular weight is 273 g/mol. The van der Waals surface area contributed by atoms with Crippen LogP contribution in [0.15, 0.2) is 12.3 Å². The van der Waals surface area contributed by atoms with Crippen molar-refractivity contribution in [1.82, 2.24) is 10.3 Å². The van der Waals surface area contributed by atoms with Crippen molar-refractivity contribution in [1.29, 1.82) is 0 Å². The molecule has 0 aromatic carbocycles. The molecule has 1 atom stereocenters. The predicted molar refractivity (Wildman–Crippen MR) is 73.6 cm³/mol. The summed E-state index contributed by atoms with van der Waals surface area (Å²) < 4.78 is 10.5. The van der Waals surface area contributed by atoms with Gasteiger partial charge in [0.1, 0.15) is 0 Å². The van der Waals surface area contributed by atoms with Crippen molar-refractivity contribution < 1.29 is 9.47 Å². The summed E-state index contributed by atoms with van der Waals surface area (Å²) in [7, 11) is 3.25. The molecule has 1 heterocycles. The number of halogens is 1. The molecule has 18 heavy (non-hydrogen) atoms. The second-order valence-electron chi connectivity index (χ2n) is 4.09. The van der Waals surface area contributed by atoms with Crippen LogP contribution in [0.4, 0.5) is 0 Å². The van der Waals surface area contributed by atoms with E-state index in [2.05, 4.69) is 10.3 Å². The fourth-order valence-corrected chi connectivity index (χ4v) is 1.85. The maximum Gasteiger partial charge on any atom is 0.183 e. The molecule has 4 nitrogen and oxygen atoms in total. The Morgan fingerprint density at radius 3 is 2.78 bits per heavy atom. The molecule has 1 aromatic rings. The zero-order valence-corrected chi connectivity index (χ0v) is 12.0. The second kappa shape index (κ2) is 8.16. The molecule has 0 bridgehead atoms. The number of alkyl halides is 1. The Morgan fingerprint density at radius 1 is 1.39 bits per heavy atom. The zero-order chi connectivity index (χ0) is 13.4. The van der Waals surface area contributed by atoms with Gasteiger partial charge in [0, 0.05) is 24.2 Å². The molecule has 0 saturated heterocycles. The van der Waals surface area contributed by atoms with E-state index in [0.29, 0.717) is 18.0 Å². The van der Waals surface area contributed by atoms with Gasteiger partial charge in [-0.15, -0.1) is 11.6 Å². The van der Waals surface area contributed by atoms with E-state index >= 15 is 0 Å². The highest BCUT2D eigenvalue weighted by Gasteiger charge is 2.10. The highest BCUT2D eigenvalue weighted by atomic mass is 35.5. The minimum Gasteiger partial charge on any atom is -0.493 e.